The number of rotatable bonds is 2. The lowest BCUT2D eigenvalue weighted by atomic mass is 9.71. The monoisotopic (exact) mass is 420 g/mol. The third kappa shape index (κ3) is 2.51. The van der Waals surface area contributed by atoms with Crippen LogP contribution in [0.4, 0.5) is 13.2 Å². The summed E-state index contributed by atoms with van der Waals surface area (Å²) < 4.78 is 65.5. The van der Waals surface area contributed by atoms with Crippen LogP contribution in [0.15, 0.2) is 46.4 Å². The quantitative estimate of drug-likeness (QED) is 0.769. The van der Waals surface area contributed by atoms with Gasteiger partial charge in [0.1, 0.15) is 5.84 Å². The van der Waals surface area contributed by atoms with Gasteiger partial charge in [0.15, 0.2) is 34.7 Å². The van der Waals surface area contributed by atoms with Gasteiger partial charge in [-0.1, -0.05) is 6.07 Å². The molecule has 2 unspecified atom stereocenters. The summed E-state index contributed by atoms with van der Waals surface area (Å²) in [6.45, 7) is -0.115. The molecule has 0 saturated carbocycles. The molecule has 2 aromatic carbocycles. The van der Waals surface area contributed by atoms with Gasteiger partial charge in [0.25, 0.3) is 0 Å². The van der Waals surface area contributed by atoms with E-state index in [1.807, 2.05) is 0 Å². The highest BCUT2D eigenvalue weighted by molar-refractivity contribution is 6.24. The van der Waals surface area contributed by atoms with Crippen LogP contribution in [0, 0.1) is 0 Å². The molecular formula is C19H15F3N4O4. The Morgan fingerprint density at radius 2 is 1.47 bits per heavy atom. The highest BCUT2D eigenvalue weighted by Gasteiger charge is 2.64. The second-order valence-corrected chi connectivity index (χ2v) is 6.79. The van der Waals surface area contributed by atoms with Crippen molar-refractivity contribution in [1.82, 2.24) is 0 Å². The Morgan fingerprint density at radius 1 is 0.867 bits per heavy atom. The predicted molar refractivity (Wildman–Crippen MR) is 99.0 cm³/mol. The molecule has 2 atom stereocenters. The maximum atomic E-state index is 14.8. The Labute approximate surface area is 167 Å². The van der Waals surface area contributed by atoms with E-state index in [9.17, 15) is 13.2 Å². The number of hydrogen-bond donors (Lipinski definition) is 2. The van der Waals surface area contributed by atoms with Crippen LogP contribution in [0.5, 0.6) is 23.0 Å². The molecule has 30 heavy (non-hydrogen) atoms. The van der Waals surface area contributed by atoms with Crippen molar-refractivity contribution in [2.24, 2.45) is 21.5 Å². The van der Waals surface area contributed by atoms with Crippen molar-refractivity contribution in [2.45, 2.75) is 17.9 Å². The van der Waals surface area contributed by atoms with E-state index in [1.54, 1.807) is 0 Å². The van der Waals surface area contributed by atoms with Gasteiger partial charge < -0.3 is 24.7 Å². The van der Waals surface area contributed by atoms with Gasteiger partial charge in [0.2, 0.25) is 13.6 Å². The molecule has 0 aromatic heterocycles. The largest absolute Gasteiger partial charge is 0.454 e. The Morgan fingerprint density at radius 3 is 2.13 bits per heavy atom. The second-order valence-electron chi connectivity index (χ2n) is 6.79. The van der Waals surface area contributed by atoms with Gasteiger partial charge in [0.05, 0.1) is 5.71 Å². The number of aliphatic imine (C=N–C) groups is 2. The summed E-state index contributed by atoms with van der Waals surface area (Å²) in [5.41, 5.74) is 8.39. The summed E-state index contributed by atoms with van der Waals surface area (Å²) in [6, 6.07) is 8.27. The molecule has 0 radical (unpaired) electrons. The molecule has 3 heterocycles. The van der Waals surface area contributed by atoms with E-state index in [4.69, 9.17) is 30.4 Å². The van der Waals surface area contributed by atoms with Crippen LogP contribution in [0.3, 0.4) is 0 Å². The summed E-state index contributed by atoms with van der Waals surface area (Å²) in [4.78, 5) is 7.81. The zero-order valence-corrected chi connectivity index (χ0v) is 15.3. The van der Waals surface area contributed by atoms with Crippen LogP contribution in [0.25, 0.3) is 0 Å². The number of alkyl halides is 3. The average molecular weight is 420 g/mol. The molecule has 8 nitrogen and oxygen atoms in total. The van der Waals surface area contributed by atoms with Crippen LogP contribution >= 0.6 is 0 Å². The van der Waals surface area contributed by atoms with E-state index in [2.05, 4.69) is 9.98 Å². The number of hydrogen-bond acceptors (Lipinski definition) is 8. The lowest BCUT2D eigenvalue weighted by Crippen LogP contribution is -2.61. The fourth-order valence-electron chi connectivity index (χ4n) is 3.81. The van der Waals surface area contributed by atoms with Crippen molar-refractivity contribution in [2.75, 3.05) is 13.6 Å². The topological polar surface area (TPSA) is 114 Å². The first-order chi connectivity index (χ1) is 14.3. The van der Waals surface area contributed by atoms with Crippen LogP contribution in [0.1, 0.15) is 11.1 Å². The second kappa shape index (κ2) is 6.26. The fraction of sp³-hybridized carbons (Fsp3) is 0.263. The van der Waals surface area contributed by atoms with Gasteiger partial charge in [-0.15, -0.1) is 0 Å². The average Bonchev–Trinajstić information content (AvgIpc) is 3.34. The molecule has 0 aliphatic carbocycles. The van der Waals surface area contributed by atoms with E-state index < -0.39 is 29.4 Å². The Balaban J connectivity index is 1.76. The molecule has 5 rings (SSSR count). The third-order valence-corrected chi connectivity index (χ3v) is 5.15. The number of benzene rings is 2. The molecular weight excluding hydrogens is 405 g/mol. The summed E-state index contributed by atoms with van der Waals surface area (Å²) >= 11 is 0. The lowest BCUT2D eigenvalue weighted by molar-refractivity contribution is -0.151. The molecule has 0 spiro atoms. The standard InChI is InChI=1S/C19H15F3N4O4/c20-19(21,22)18(10-2-4-12-14(6-10)30-8-28-12)15(25-17(24)26-16(18)23)9-1-3-11-13(5-9)29-7-27-11/h1-6,17H,7-8,24H2,(H2,23,26). The number of fused-ring (bicyclic) bond motifs is 2. The molecule has 0 bridgehead atoms. The molecule has 0 amide bonds. The summed E-state index contributed by atoms with van der Waals surface area (Å²) in [6.07, 6.45) is -6.18. The third-order valence-electron chi connectivity index (χ3n) is 5.15. The molecule has 11 heteroatoms. The Kier molecular flexibility index (Phi) is 3.87. The Bertz CT molecular complexity index is 1100. The van der Waals surface area contributed by atoms with Crippen LogP contribution < -0.4 is 30.4 Å². The lowest BCUT2D eigenvalue weighted by Gasteiger charge is -2.39. The van der Waals surface area contributed by atoms with Crippen molar-refractivity contribution in [1.29, 1.82) is 0 Å². The first-order valence-electron chi connectivity index (χ1n) is 8.85. The van der Waals surface area contributed by atoms with E-state index in [0.717, 1.165) is 0 Å². The van der Waals surface area contributed by atoms with E-state index >= 15 is 0 Å². The maximum Gasteiger partial charge on any atom is 0.410 e. The van der Waals surface area contributed by atoms with Crippen LogP contribution in [-0.2, 0) is 5.41 Å². The first-order valence-corrected chi connectivity index (χ1v) is 8.85. The molecule has 3 aliphatic heterocycles. The number of nitrogens with two attached hydrogens (primary N) is 2. The van der Waals surface area contributed by atoms with Crippen molar-refractivity contribution in [3.8, 4) is 23.0 Å². The van der Waals surface area contributed by atoms with Gasteiger partial charge in [0, 0.05) is 5.56 Å². The normalized spacial score (nSPS) is 24.5. The molecule has 0 fully saturated rings. The van der Waals surface area contributed by atoms with Gasteiger partial charge in [-0.2, -0.15) is 13.2 Å². The minimum atomic E-state index is -4.90. The van der Waals surface area contributed by atoms with Crippen molar-refractivity contribution in [3.05, 3.63) is 47.5 Å². The van der Waals surface area contributed by atoms with Crippen molar-refractivity contribution >= 4 is 11.5 Å². The van der Waals surface area contributed by atoms with Gasteiger partial charge in [-0.3, -0.25) is 5.73 Å². The number of halogens is 3. The zero-order chi connectivity index (χ0) is 21.1. The summed E-state index contributed by atoms with van der Waals surface area (Å²) in [7, 11) is 0. The molecule has 3 aliphatic rings. The minimum Gasteiger partial charge on any atom is -0.454 e. The van der Waals surface area contributed by atoms with Crippen molar-refractivity contribution < 1.29 is 32.1 Å². The van der Waals surface area contributed by atoms with E-state index in [1.165, 1.54) is 36.4 Å². The van der Waals surface area contributed by atoms with Crippen LogP contribution in [-0.4, -0.2) is 37.6 Å². The SMILES string of the molecule is NC1=NC(N)N=C(c2ccc3c(c2)OCO3)C1(c1ccc2c(c1)OCO2)C(F)(F)F. The van der Waals surface area contributed by atoms with Crippen LogP contribution in [0.2, 0.25) is 0 Å². The molecule has 4 N–H and O–H groups in total. The molecule has 2 aromatic rings. The van der Waals surface area contributed by atoms with Gasteiger partial charge in [-0.25, -0.2) is 9.98 Å². The van der Waals surface area contributed by atoms with E-state index in [0.29, 0.717) is 17.2 Å². The molecule has 0 saturated heterocycles. The number of nitrogens with zero attached hydrogens (tertiary/aromatic N) is 2. The van der Waals surface area contributed by atoms with Gasteiger partial charge in [-0.05, 0) is 35.9 Å². The highest BCUT2D eigenvalue weighted by Crippen LogP contribution is 2.49. The van der Waals surface area contributed by atoms with Gasteiger partial charge >= 0.3 is 6.18 Å². The van der Waals surface area contributed by atoms with Crippen molar-refractivity contribution in [3.63, 3.8) is 0 Å². The smallest absolute Gasteiger partial charge is 0.410 e. The van der Waals surface area contributed by atoms with E-state index in [-0.39, 0.29) is 30.5 Å². The summed E-state index contributed by atoms with van der Waals surface area (Å²) in [5.74, 6) is 0.502. The minimum absolute atomic E-state index is 0.0268. The fourth-order valence-corrected chi connectivity index (χ4v) is 3.81. The number of ether oxygens (including phenoxy) is 4. The maximum absolute atomic E-state index is 14.8. The highest BCUT2D eigenvalue weighted by atomic mass is 19.4. The Hall–Kier alpha value is -3.47. The zero-order valence-electron chi connectivity index (χ0n) is 15.3. The first kappa shape index (κ1) is 18.6. The predicted octanol–water partition coefficient (Wildman–Crippen LogP) is 2.05. The molecule has 156 valence electrons. The summed E-state index contributed by atoms with van der Waals surface area (Å²) in [5, 5.41) is 0. The number of amidine groups is 1.